The number of aromatic nitrogens is 1. The van der Waals surface area contributed by atoms with Gasteiger partial charge >= 0.3 is 0 Å². The van der Waals surface area contributed by atoms with E-state index in [9.17, 15) is 14.0 Å². The topological polar surface area (TPSA) is 79.5 Å². The highest BCUT2D eigenvalue weighted by Gasteiger charge is 2.24. The molecule has 2 N–H and O–H groups in total. The minimum absolute atomic E-state index is 0.132. The van der Waals surface area contributed by atoms with Gasteiger partial charge in [0.2, 0.25) is 0 Å². The zero-order valence-electron chi connectivity index (χ0n) is 13.7. The van der Waals surface area contributed by atoms with E-state index in [1.165, 1.54) is 35.6 Å². The zero-order valence-corrected chi connectivity index (χ0v) is 14.5. The predicted octanol–water partition coefficient (Wildman–Crippen LogP) is 1.73. The third-order valence-electron chi connectivity index (χ3n) is 4.11. The standard InChI is InChI=1S/C17H19FN4O2S/c18-13-4-2-12(3-5-13)16(23)21-6-1-7-22(9-8-21)17(24)14-11-25-15(10-19)20-14/h2-5,11H,1,6-10,19H2. The van der Waals surface area contributed by atoms with Crippen LogP contribution in [0.3, 0.4) is 0 Å². The number of nitrogens with zero attached hydrogens (tertiary/aromatic N) is 3. The summed E-state index contributed by atoms with van der Waals surface area (Å²) in [5, 5.41) is 2.45. The Hall–Kier alpha value is -2.32. The number of rotatable bonds is 3. The molecule has 0 atom stereocenters. The fourth-order valence-electron chi connectivity index (χ4n) is 2.76. The van der Waals surface area contributed by atoms with E-state index in [0.29, 0.717) is 50.4 Å². The van der Waals surface area contributed by atoms with E-state index in [4.69, 9.17) is 5.73 Å². The summed E-state index contributed by atoms with van der Waals surface area (Å²) < 4.78 is 13.0. The molecule has 0 unspecified atom stereocenters. The molecule has 1 aromatic carbocycles. The number of amides is 2. The van der Waals surface area contributed by atoms with Crippen LogP contribution in [0, 0.1) is 5.82 Å². The summed E-state index contributed by atoms with van der Waals surface area (Å²) in [5.74, 6) is -0.648. The first-order valence-electron chi connectivity index (χ1n) is 8.07. The van der Waals surface area contributed by atoms with E-state index in [-0.39, 0.29) is 17.6 Å². The van der Waals surface area contributed by atoms with Crippen molar-refractivity contribution in [3.05, 3.63) is 51.7 Å². The van der Waals surface area contributed by atoms with Crippen molar-refractivity contribution in [2.45, 2.75) is 13.0 Å². The summed E-state index contributed by atoms with van der Waals surface area (Å²) in [4.78, 5) is 32.7. The van der Waals surface area contributed by atoms with E-state index < -0.39 is 0 Å². The molecule has 25 heavy (non-hydrogen) atoms. The molecule has 0 radical (unpaired) electrons. The first-order valence-corrected chi connectivity index (χ1v) is 8.95. The van der Waals surface area contributed by atoms with Crippen molar-refractivity contribution in [3.8, 4) is 0 Å². The average molecular weight is 362 g/mol. The minimum atomic E-state index is -0.371. The summed E-state index contributed by atoms with van der Waals surface area (Å²) >= 11 is 1.37. The van der Waals surface area contributed by atoms with Crippen LogP contribution in [0.2, 0.25) is 0 Å². The largest absolute Gasteiger partial charge is 0.337 e. The van der Waals surface area contributed by atoms with Crippen molar-refractivity contribution in [2.75, 3.05) is 26.2 Å². The second kappa shape index (κ2) is 7.71. The predicted molar refractivity (Wildman–Crippen MR) is 92.8 cm³/mol. The maximum Gasteiger partial charge on any atom is 0.273 e. The molecule has 132 valence electrons. The van der Waals surface area contributed by atoms with Crippen LogP contribution in [-0.4, -0.2) is 52.8 Å². The molecule has 1 fully saturated rings. The molecule has 2 heterocycles. The first kappa shape index (κ1) is 17.5. The number of halogens is 1. The summed E-state index contributed by atoms with van der Waals surface area (Å²) in [6.07, 6.45) is 0.687. The fourth-order valence-corrected chi connectivity index (χ4v) is 3.41. The van der Waals surface area contributed by atoms with E-state index in [1.807, 2.05) is 0 Å². The molecule has 0 aliphatic carbocycles. The molecule has 0 spiro atoms. The first-order chi connectivity index (χ1) is 12.1. The minimum Gasteiger partial charge on any atom is -0.337 e. The molecule has 6 nitrogen and oxygen atoms in total. The van der Waals surface area contributed by atoms with Gasteiger partial charge in [0.05, 0.1) is 0 Å². The van der Waals surface area contributed by atoms with E-state index in [2.05, 4.69) is 4.98 Å². The van der Waals surface area contributed by atoms with Gasteiger partial charge in [-0.25, -0.2) is 9.37 Å². The van der Waals surface area contributed by atoms with Crippen molar-refractivity contribution in [1.82, 2.24) is 14.8 Å². The fraction of sp³-hybridized carbons (Fsp3) is 0.353. The Balaban J connectivity index is 1.64. The van der Waals surface area contributed by atoms with Crippen molar-refractivity contribution in [1.29, 1.82) is 0 Å². The van der Waals surface area contributed by atoms with Crippen LogP contribution in [0.25, 0.3) is 0 Å². The van der Waals surface area contributed by atoms with Gasteiger partial charge in [-0.2, -0.15) is 0 Å². The van der Waals surface area contributed by atoms with Gasteiger partial charge in [0.15, 0.2) is 0 Å². The SMILES string of the molecule is NCc1nc(C(=O)N2CCCN(C(=O)c3ccc(F)cc3)CC2)cs1. The van der Waals surface area contributed by atoms with Crippen molar-refractivity contribution >= 4 is 23.2 Å². The number of benzene rings is 1. The molecule has 1 saturated heterocycles. The van der Waals surface area contributed by atoms with Gasteiger partial charge in [-0.15, -0.1) is 11.3 Å². The van der Waals surface area contributed by atoms with Crippen molar-refractivity contribution in [3.63, 3.8) is 0 Å². The highest BCUT2D eigenvalue weighted by Crippen LogP contribution is 2.15. The molecular formula is C17H19FN4O2S. The lowest BCUT2D eigenvalue weighted by atomic mass is 10.2. The van der Waals surface area contributed by atoms with Crippen LogP contribution < -0.4 is 5.73 Å². The summed E-state index contributed by atoms with van der Waals surface area (Å²) in [6.45, 7) is 2.33. The molecule has 3 rings (SSSR count). The second-order valence-corrected chi connectivity index (χ2v) is 6.72. The number of nitrogens with two attached hydrogens (primary N) is 1. The monoisotopic (exact) mass is 362 g/mol. The lowest BCUT2D eigenvalue weighted by molar-refractivity contribution is 0.0716. The van der Waals surface area contributed by atoms with E-state index in [1.54, 1.807) is 15.2 Å². The number of hydrogen-bond donors (Lipinski definition) is 1. The van der Waals surface area contributed by atoms with Gasteiger partial charge in [0.1, 0.15) is 16.5 Å². The maximum absolute atomic E-state index is 13.0. The van der Waals surface area contributed by atoms with Crippen LogP contribution in [0.15, 0.2) is 29.6 Å². The van der Waals surface area contributed by atoms with Gasteiger partial charge in [-0.05, 0) is 30.7 Å². The van der Waals surface area contributed by atoms with Crippen molar-refractivity contribution < 1.29 is 14.0 Å². The van der Waals surface area contributed by atoms with Crippen LogP contribution >= 0.6 is 11.3 Å². The molecule has 2 aromatic rings. The number of carbonyl (C=O) groups is 2. The van der Waals surface area contributed by atoms with Gasteiger partial charge in [0, 0.05) is 43.7 Å². The Labute approximate surface area is 149 Å². The Morgan fingerprint density at radius 1 is 1.08 bits per heavy atom. The number of hydrogen-bond acceptors (Lipinski definition) is 5. The van der Waals surface area contributed by atoms with Gasteiger partial charge in [-0.3, -0.25) is 9.59 Å². The Morgan fingerprint density at radius 2 is 1.72 bits per heavy atom. The average Bonchev–Trinajstić information content (AvgIpc) is 2.98. The molecule has 1 aliphatic heterocycles. The third kappa shape index (κ3) is 4.02. The molecule has 8 heteroatoms. The van der Waals surface area contributed by atoms with Crippen LogP contribution in [0.4, 0.5) is 4.39 Å². The van der Waals surface area contributed by atoms with Crippen molar-refractivity contribution in [2.24, 2.45) is 5.73 Å². The second-order valence-electron chi connectivity index (χ2n) is 5.78. The molecule has 2 amide bonds. The number of carbonyl (C=O) groups excluding carboxylic acids is 2. The molecular weight excluding hydrogens is 343 g/mol. The van der Waals surface area contributed by atoms with Gasteiger partial charge in [-0.1, -0.05) is 0 Å². The van der Waals surface area contributed by atoms with Gasteiger partial charge < -0.3 is 15.5 Å². The normalized spacial score (nSPS) is 15.1. The summed E-state index contributed by atoms with van der Waals surface area (Å²) in [5.41, 5.74) is 6.40. The Morgan fingerprint density at radius 3 is 2.32 bits per heavy atom. The van der Waals surface area contributed by atoms with Crippen LogP contribution in [0.1, 0.15) is 32.3 Å². The third-order valence-corrected chi connectivity index (χ3v) is 4.98. The number of thiazole rings is 1. The van der Waals surface area contributed by atoms with Crippen LogP contribution in [-0.2, 0) is 6.54 Å². The van der Waals surface area contributed by atoms with Crippen LogP contribution in [0.5, 0.6) is 0 Å². The lowest BCUT2D eigenvalue weighted by Gasteiger charge is -2.21. The Bertz CT molecular complexity index is 762. The molecule has 1 aromatic heterocycles. The summed E-state index contributed by atoms with van der Waals surface area (Å²) in [6, 6.07) is 5.51. The van der Waals surface area contributed by atoms with E-state index in [0.717, 1.165) is 5.01 Å². The molecule has 1 aliphatic rings. The highest BCUT2D eigenvalue weighted by molar-refractivity contribution is 7.09. The summed E-state index contributed by atoms with van der Waals surface area (Å²) in [7, 11) is 0. The maximum atomic E-state index is 13.0. The highest BCUT2D eigenvalue weighted by atomic mass is 32.1. The molecule has 0 saturated carbocycles. The Kier molecular flexibility index (Phi) is 5.40. The van der Waals surface area contributed by atoms with Gasteiger partial charge in [0.25, 0.3) is 11.8 Å². The smallest absolute Gasteiger partial charge is 0.273 e. The zero-order chi connectivity index (χ0) is 17.8. The molecule has 0 bridgehead atoms. The van der Waals surface area contributed by atoms with E-state index >= 15 is 0 Å². The lowest BCUT2D eigenvalue weighted by Crippen LogP contribution is -2.37. The quantitative estimate of drug-likeness (QED) is 0.902.